The van der Waals surface area contributed by atoms with Crippen LogP contribution >= 0.6 is 0 Å². The molecular weight excluding hydrogens is 288 g/mol. The molecule has 1 aliphatic rings. The first kappa shape index (κ1) is 15.6. The predicted molar refractivity (Wildman–Crippen MR) is 92.1 cm³/mol. The summed E-state index contributed by atoms with van der Waals surface area (Å²) in [5.74, 6) is -0.0768. The van der Waals surface area contributed by atoms with E-state index in [-0.39, 0.29) is 18.1 Å². The molecule has 4 nitrogen and oxygen atoms in total. The van der Waals surface area contributed by atoms with E-state index in [4.69, 9.17) is 4.74 Å². The molecule has 120 valence electrons. The van der Waals surface area contributed by atoms with Gasteiger partial charge in [0.15, 0.2) is 0 Å². The highest BCUT2D eigenvalue weighted by Crippen LogP contribution is 2.21. The Hall–Kier alpha value is -2.33. The van der Waals surface area contributed by atoms with Crippen molar-refractivity contribution in [1.29, 1.82) is 0 Å². The van der Waals surface area contributed by atoms with E-state index < -0.39 is 0 Å². The fourth-order valence-electron chi connectivity index (χ4n) is 2.84. The van der Waals surface area contributed by atoms with Crippen molar-refractivity contribution >= 4 is 17.3 Å². The highest BCUT2D eigenvalue weighted by Gasteiger charge is 2.24. The Morgan fingerprint density at radius 1 is 1.13 bits per heavy atom. The number of carbonyl (C=O) groups excluding carboxylic acids is 1. The average molecular weight is 310 g/mol. The zero-order valence-electron chi connectivity index (χ0n) is 13.3. The third kappa shape index (κ3) is 3.90. The van der Waals surface area contributed by atoms with Crippen LogP contribution in [-0.2, 0) is 4.74 Å². The van der Waals surface area contributed by atoms with Gasteiger partial charge in [-0.1, -0.05) is 30.3 Å². The Morgan fingerprint density at radius 2 is 1.87 bits per heavy atom. The van der Waals surface area contributed by atoms with Crippen molar-refractivity contribution in [2.24, 2.45) is 0 Å². The van der Waals surface area contributed by atoms with Crippen molar-refractivity contribution < 1.29 is 9.53 Å². The molecule has 4 heteroatoms. The highest BCUT2D eigenvalue weighted by atomic mass is 16.5. The van der Waals surface area contributed by atoms with E-state index in [0.717, 1.165) is 30.8 Å². The van der Waals surface area contributed by atoms with Gasteiger partial charge in [0.05, 0.1) is 23.4 Å². The average Bonchev–Trinajstić information content (AvgIpc) is 3.11. The van der Waals surface area contributed by atoms with E-state index >= 15 is 0 Å². The molecule has 2 aromatic carbocycles. The number of rotatable bonds is 5. The van der Waals surface area contributed by atoms with Crippen molar-refractivity contribution in [1.82, 2.24) is 5.32 Å². The zero-order valence-corrected chi connectivity index (χ0v) is 13.3. The maximum atomic E-state index is 12.6. The smallest absolute Gasteiger partial charge is 0.253 e. The van der Waals surface area contributed by atoms with Gasteiger partial charge in [0.2, 0.25) is 0 Å². The molecule has 0 aromatic heterocycles. The van der Waals surface area contributed by atoms with E-state index in [1.165, 1.54) is 0 Å². The number of ether oxygens (including phenoxy) is 1. The number of anilines is 2. The minimum Gasteiger partial charge on any atom is -0.376 e. The maximum Gasteiger partial charge on any atom is 0.253 e. The van der Waals surface area contributed by atoms with Gasteiger partial charge < -0.3 is 15.4 Å². The third-order valence-corrected chi connectivity index (χ3v) is 4.11. The number of para-hydroxylation sites is 2. The summed E-state index contributed by atoms with van der Waals surface area (Å²) in [6.07, 6.45) is 2.19. The molecule has 1 heterocycles. The number of amides is 1. The molecular formula is C19H22N2O2. The van der Waals surface area contributed by atoms with Gasteiger partial charge >= 0.3 is 0 Å². The Labute approximate surface area is 136 Å². The van der Waals surface area contributed by atoms with E-state index in [1.54, 1.807) is 0 Å². The van der Waals surface area contributed by atoms with Crippen LogP contribution in [0.1, 0.15) is 30.1 Å². The molecule has 0 bridgehead atoms. The lowest BCUT2D eigenvalue weighted by Gasteiger charge is -2.21. The van der Waals surface area contributed by atoms with E-state index in [2.05, 4.69) is 10.6 Å². The first-order valence-electron chi connectivity index (χ1n) is 8.07. The molecule has 23 heavy (non-hydrogen) atoms. The van der Waals surface area contributed by atoms with Gasteiger partial charge in [0.25, 0.3) is 5.91 Å². The molecule has 1 aliphatic heterocycles. The van der Waals surface area contributed by atoms with Crippen LogP contribution in [0.3, 0.4) is 0 Å². The highest BCUT2D eigenvalue weighted by molar-refractivity contribution is 6.00. The molecule has 0 saturated carbocycles. The second-order valence-electron chi connectivity index (χ2n) is 5.85. The van der Waals surface area contributed by atoms with Crippen LogP contribution in [0.4, 0.5) is 11.4 Å². The summed E-state index contributed by atoms with van der Waals surface area (Å²) in [4.78, 5) is 12.6. The van der Waals surface area contributed by atoms with Crippen molar-refractivity contribution in [3.05, 3.63) is 60.2 Å². The van der Waals surface area contributed by atoms with Gasteiger partial charge in [-0.05, 0) is 44.0 Å². The molecule has 0 radical (unpaired) electrons. The predicted octanol–water partition coefficient (Wildman–Crippen LogP) is 3.73. The largest absolute Gasteiger partial charge is 0.376 e. The second-order valence-corrected chi connectivity index (χ2v) is 5.85. The number of benzene rings is 2. The Balaban J connectivity index is 1.72. The van der Waals surface area contributed by atoms with Crippen LogP contribution in [0, 0.1) is 0 Å². The fourth-order valence-corrected chi connectivity index (χ4v) is 2.84. The Kier molecular flexibility index (Phi) is 4.93. The van der Waals surface area contributed by atoms with Crippen molar-refractivity contribution in [3.8, 4) is 0 Å². The van der Waals surface area contributed by atoms with Gasteiger partial charge in [0, 0.05) is 12.3 Å². The lowest BCUT2D eigenvalue weighted by molar-refractivity contribution is 0.0713. The second kappa shape index (κ2) is 7.29. The number of nitrogens with one attached hydrogen (secondary N) is 2. The number of hydrogen-bond donors (Lipinski definition) is 2. The number of carbonyl (C=O) groups is 1. The van der Waals surface area contributed by atoms with Crippen LogP contribution in [0.15, 0.2) is 54.6 Å². The van der Waals surface area contributed by atoms with Gasteiger partial charge in [-0.2, -0.15) is 0 Å². The van der Waals surface area contributed by atoms with Gasteiger partial charge in [-0.3, -0.25) is 4.79 Å². The molecule has 3 rings (SSSR count). The summed E-state index contributed by atoms with van der Waals surface area (Å²) in [5, 5.41) is 6.36. The van der Waals surface area contributed by atoms with E-state index in [9.17, 15) is 4.79 Å². The molecule has 1 amide bonds. The normalized spacial score (nSPS) is 18.4. The van der Waals surface area contributed by atoms with Crippen molar-refractivity contribution in [2.75, 3.05) is 11.9 Å². The molecule has 2 N–H and O–H groups in total. The first-order chi connectivity index (χ1) is 11.2. The summed E-state index contributed by atoms with van der Waals surface area (Å²) in [6, 6.07) is 17.4. The van der Waals surface area contributed by atoms with Gasteiger partial charge in [0.1, 0.15) is 0 Å². The number of hydrogen-bond acceptors (Lipinski definition) is 3. The lowest BCUT2D eigenvalue weighted by atomic mass is 10.1. The summed E-state index contributed by atoms with van der Waals surface area (Å²) >= 11 is 0. The minimum atomic E-state index is -0.0768. The molecule has 0 spiro atoms. The van der Waals surface area contributed by atoms with Crippen LogP contribution in [-0.4, -0.2) is 24.7 Å². The molecule has 2 aromatic rings. The maximum absolute atomic E-state index is 12.6. The summed E-state index contributed by atoms with van der Waals surface area (Å²) in [6.45, 7) is 2.79. The quantitative estimate of drug-likeness (QED) is 0.885. The topological polar surface area (TPSA) is 50.4 Å². The lowest BCUT2D eigenvalue weighted by Crippen LogP contribution is -2.41. The van der Waals surface area contributed by atoms with E-state index in [0.29, 0.717) is 5.56 Å². The third-order valence-electron chi connectivity index (χ3n) is 4.11. The molecule has 1 fully saturated rings. The molecule has 0 aliphatic carbocycles. The zero-order chi connectivity index (χ0) is 16.1. The van der Waals surface area contributed by atoms with Crippen LogP contribution < -0.4 is 10.6 Å². The van der Waals surface area contributed by atoms with Crippen LogP contribution in [0.5, 0.6) is 0 Å². The Morgan fingerprint density at radius 3 is 2.61 bits per heavy atom. The fraction of sp³-hybridized carbons (Fsp3) is 0.316. The standard InChI is InChI=1S/C19H22N2O2/c1-14(18-12-7-13-23-18)20-19(22)16-10-5-6-11-17(16)21-15-8-3-2-4-9-15/h2-6,8-11,14,18,21H,7,12-13H2,1H3,(H,20,22)/t14-,18-/m1/s1. The van der Waals surface area contributed by atoms with Crippen LogP contribution in [0.25, 0.3) is 0 Å². The summed E-state index contributed by atoms with van der Waals surface area (Å²) < 4.78 is 5.65. The van der Waals surface area contributed by atoms with E-state index in [1.807, 2.05) is 61.5 Å². The summed E-state index contributed by atoms with van der Waals surface area (Å²) in [7, 11) is 0. The molecule has 1 saturated heterocycles. The Bertz CT molecular complexity index is 651. The molecule has 0 unspecified atom stereocenters. The molecule has 2 atom stereocenters. The van der Waals surface area contributed by atoms with Crippen LogP contribution in [0.2, 0.25) is 0 Å². The van der Waals surface area contributed by atoms with Gasteiger partial charge in [-0.15, -0.1) is 0 Å². The first-order valence-corrected chi connectivity index (χ1v) is 8.07. The minimum absolute atomic E-state index is 0.00906. The van der Waals surface area contributed by atoms with Gasteiger partial charge in [-0.25, -0.2) is 0 Å². The summed E-state index contributed by atoms with van der Waals surface area (Å²) in [5.41, 5.74) is 2.40. The SMILES string of the molecule is C[C@@H](NC(=O)c1ccccc1Nc1ccccc1)[C@H]1CCCO1. The monoisotopic (exact) mass is 310 g/mol. The van der Waals surface area contributed by atoms with Crippen molar-refractivity contribution in [2.45, 2.75) is 31.9 Å². The van der Waals surface area contributed by atoms with Crippen molar-refractivity contribution in [3.63, 3.8) is 0 Å².